The van der Waals surface area contributed by atoms with E-state index in [4.69, 9.17) is 0 Å². The number of benzene rings is 1. The summed E-state index contributed by atoms with van der Waals surface area (Å²) in [6, 6.07) is 6.73. The van der Waals surface area contributed by atoms with Crippen molar-refractivity contribution in [1.29, 1.82) is 0 Å². The second-order valence-electron chi connectivity index (χ2n) is 6.36. The largest absolute Gasteiger partial charge is 0.359 e. The molecule has 0 spiro atoms. The van der Waals surface area contributed by atoms with Gasteiger partial charge in [0.1, 0.15) is 0 Å². The van der Waals surface area contributed by atoms with Crippen molar-refractivity contribution in [2.24, 2.45) is 0 Å². The number of sulfonamides is 1. The molecule has 0 saturated heterocycles. The van der Waals surface area contributed by atoms with Gasteiger partial charge >= 0.3 is 0 Å². The van der Waals surface area contributed by atoms with E-state index >= 15 is 0 Å². The average Bonchev–Trinajstić information content (AvgIpc) is 3.15. The fourth-order valence-electron chi connectivity index (χ4n) is 3.46. The molecular formula is C18H19N3O3S. The molecule has 1 amide bonds. The Bertz CT molecular complexity index is 979. The first-order valence-corrected chi connectivity index (χ1v) is 9.78. The maximum Gasteiger partial charge on any atom is 0.256 e. The molecule has 1 aliphatic carbocycles. The minimum Gasteiger partial charge on any atom is -0.359 e. The first kappa shape index (κ1) is 16.1. The third-order valence-electron chi connectivity index (χ3n) is 4.79. The van der Waals surface area contributed by atoms with Crippen LogP contribution in [0.15, 0.2) is 29.2 Å². The van der Waals surface area contributed by atoms with E-state index in [1.165, 1.54) is 43.3 Å². The van der Waals surface area contributed by atoms with Gasteiger partial charge in [0.05, 0.1) is 10.5 Å². The van der Waals surface area contributed by atoms with Crippen molar-refractivity contribution in [1.82, 2.24) is 9.71 Å². The van der Waals surface area contributed by atoms with Crippen LogP contribution in [-0.2, 0) is 27.7 Å². The number of aromatic amines is 1. The second-order valence-corrected chi connectivity index (χ2v) is 8.25. The molecule has 6 nitrogen and oxygen atoms in total. The summed E-state index contributed by atoms with van der Waals surface area (Å²) in [5.41, 5.74) is 5.14. The Morgan fingerprint density at radius 3 is 2.72 bits per heavy atom. The van der Waals surface area contributed by atoms with Gasteiger partial charge in [0.15, 0.2) is 0 Å². The molecule has 2 aliphatic rings. The number of hydrogen-bond acceptors (Lipinski definition) is 3. The highest BCUT2D eigenvalue weighted by Gasteiger charge is 2.26. The Hall–Kier alpha value is -2.38. The first-order valence-electron chi connectivity index (χ1n) is 8.30. The van der Waals surface area contributed by atoms with E-state index in [9.17, 15) is 13.2 Å². The fourth-order valence-corrected chi connectivity index (χ4v) is 4.21. The molecule has 2 heterocycles. The number of nitrogens with one attached hydrogen (secondary N) is 3. The number of carbonyl (C=O) groups is 1. The summed E-state index contributed by atoms with van der Waals surface area (Å²) >= 11 is 0. The lowest BCUT2D eigenvalue weighted by atomic mass is 9.98. The number of carbonyl (C=O) groups excluding carboxylic acids is 1. The van der Waals surface area contributed by atoms with Crippen LogP contribution in [-0.4, -0.2) is 26.4 Å². The summed E-state index contributed by atoms with van der Waals surface area (Å²) in [5.74, 6) is -0.221. The van der Waals surface area contributed by atoms with Crippen LogP contribution in [0.2, 0.25) is 0 Å². The van der Waals surface area contributed by atoms with Crippen molar-refractivity contribution in [3.8, 4) is 0 Å². The first-order chi connectivity index (χ1) is 12.0. The predicted octanol–water partition coefficient (Wildman–Crippen LogP) is 2.29. The highest BCUT2D eigenvalue weighted by atomic mass is 32.2. The molecule has 2 aromatic rings. The van der Waals surface area contributed by atoms with Gasteiger partial charge in [-0.05, 0) is 68.6 Å². The maximum atomic E-state index is 12.4. The van der Waals surface area contributed by atoms with Crippen molar-refractivity contribution in [3.05, 3.63) is 46.8 Å². The topological polar surface area (TPSA) is 91.1 Å². The summed E-state index contributed by atoms with van der Waals surface area (Å²) < 4.78 is 26.4. The van der Waals surface area contributed by atoms with Crippen LogP contribution in [0, 0.1) is 0 Å². The van der Waals surface area contributed by atoms with Gasteiger partial charge in [-0.15, -0.1) is 0 Å². The van der Waals surface area contributed by atoms with E-state index in [2.05, 4.69) is 21.1 Å². The molecule has 0 unspecified atom stereocenters. The fraction of sp³-hybridized carbons (Fsp3) is 0.278. The average molecular weight is 357 g/mol. The zero-order chi connectivity index (χ0) is 17.6. The monoisotopic (exact) mass is 357 g/mol. The number of fused-ring (bicyclic) bond motifs is 2. The van der Waals surface area contributed by atoms with Gasteiger partial charge in [-0.3, -0.25) is 4.79 Å². The third kappa shape index (κ3) is 2.79. The molecule has 0 atom stereocenters. The highest BCUT2D eigenvalue weighted by molar-refractivity contribution is 7.89. The lowest BCUT2D eigenvalue weighted by Gasteiger charge is -2.08. The van der Waals surface area contributed by atoms with Gasteiger partial charge < -0.3 is 10.3 Å². The Labute approximate surface area is 146 Å². The van der Waals surface area contributed by atoms with E-state index in [0.717, 1.165) is 18.5 Å². The molecule has 3 N–H and O–H groups in total. The van der Waals surface area contributed by atoms with Crippen molar-refractivity contribution in [3.63, 3.8) is 0 Å². The van der Waals surface area contributed by atoms with E-state index < -0.39 is 10.0 Å². The van der Waals surface area contributed by atoms with E-state index in [1.54, 1.807) is 12.1 Å². The molecule has 7 heteroatoms. The number of H-pyrrole nitrogens is 1. The number of aromatic nitrogens is 1. The van der Waals surface area contributed by atoms with Gasteiger partial charge in [0.25, 0.3) is 5.91 Å². The third-order valence-corrected chi connectivity index (χ3v) is 6.20. The quantitative estimate of drug-likeness (QED) is 0.736. The SMILES string of the molecule is CNS(=O)(=O)c1ccc2c(c1)/C(=C/c1cc3c([nH]1)CCCC3)C(=O)N2. The predicted molar refractivity (Wildman–Crippen MR) is 96.6 cm³/mol. The summed E-state index contributed by atoms with van der Waals surface area (Å²) in [6.07, 6.45) is 6.26. The second kappa shape index (κ2) is 5.86. The molecule has 1 aromatic heterocycles. The molecule has 0 saturated carbocycles. The zero-order valence-electron chi connectivity index (χ0n) is 13.8. The molecule has 0 fully saturated rings. The Balaban J connectivity index is 1.78. The number of aryl methyl sites for hydroxylation is 2. The van der Waals surface area contributed by atoms with Crippen molar-refractivity contribution in [2.75, 3.05) is 12.4 Å². The summed E-state index contributed by atoms with van der Waals surface area (Å²) in [6.45, 7) is 0. The molecule has 1 aromatic carbocycles. The number of anilines is 1. The summed E-state index contributed by atoms with van der Waals surface area (Å²) in [7, 11) is -2.19. The van der Waals surface area contributed by atoms with E-state index in [1.807, 2.05) is 0 Å². The van der Waals surface area contributed by atoms with Crippen LogP contribution >= 0.6 is 0 Å². The number of hydrogen-bond donors (Lipinski definition) is 3. The Morgan fingerprint density at radius 1 is 1.16 bits per heavy atom. The molecular weight excluding hydrogens is 338 g/mol. The van der Waals surface area contributed by atoms with Crippen molar-refractivity contribution < 1.29 is 13.2 Å². The van der Waals surface area contributed by atoms with Gasteiger partial charge in [-0.2, -0.15) is 0 Å². The number of rotatable bonds is 3. The van der Waals surface area contributed by atoms with Crippen LogP contribution in [0.3, 0.4) is 0 Å². The zero-order valence-corrected chi connectivity index (χ0v) is 14.7. The lowest BCUT2D eigenvalue weighted by molar-refractivity contribution is -0.110. The van der Waals surface area contributed by atoms with Crippen molar-refractivity contribution in [2.45, 2.75) is 30.6 Å². The lowest BCUT2D eigenvalue weighted by Crippen LogP contribution is -2.18. The highest BCUT2D eigenvalue weighted by Crippen LogP contribution is 2.35. The standard InChI is InChI=1S/C18H19N3O3S/c1-19-25(23,24)13-6-7-17-14(10-13)15(18(22)21-17)9-12-8-11-4-2-3-5-16(11)20-12/h6-10,19-20H,2-5H2,1H3,(H,21,22)/b15-9-. The van der Waals surface area contributed by atoms with E-state index in [-0.39, 0.29) is 10.8 Å². The normalized spacial score (nSPS) is 18.1. The smallest absolute Gasteiger partial charge is 0.256 e. The minimum absolute atomic E-state index is 0.141. The molecule has 1 aliphatic heterocycles. The van der Waals surface area contributed by atoms with Crippen molar-refractivity contribution >= 4 is 33.3 Å². The van der Waals surface area contributed by atoms with Crippen LogP contribution in [0.25, 0.3) is 11.6 Å². The summed E-state index contributed by atoms with van der Waals surface area (Å²) in [5, 5.41) is 2.79. The number of amides is 1. The summed E-state index contributed by atoms with van der Waals surface area (Å²) in [4.78, 5) is 15.9. The molecule has 130 valence electrons. The van der Waals surface area contributed by atoms with Gasteiger partial charge in [-0.1, -0.05) is 0 Å². The van der Waals surface area contributed by atoms with Crippen LogP contribution in [0.1, 0.15) is 35.4 Å². The van der Waals surface area contributed by atoms with Crippen LogP contribution in [0.5, 0.6) is 0 Å². The Morgan fingerprint density at radius 2 is 1.96 bits per heavy atom. The molecule has 0 bridgehead atoms. The molecule has 4 rings (SSSR count). The van der Waals surface area contributed by atoms with E-state index in [0.29, 0.717) is 16.8 Å². The van der Waals surface area contributed by atoms with Gasteiger partial charge in [0.2, 0.25) is 10.0 Å². The Kier molecular flexibility index (Phi) is 3.77. The van der Waals surface area contributed by atoms with Gasteiger partial charge in [0, 0.05) is 22.6 Å². The van der Waals surface area contributed by atoms with Crippen LogP contribution in [0.4, 0.5) is 5.69 Å². The molecule has 25 heavy (non-hydrogen) atoms. The van der Waals surface area contributed by atoms with Gasteiger partial charge in [-0.25, -0.2) is 13.1 Å². The van der Waals surface area contributed by atoms with Crippen LogP contribution < -0.4 is 10.0 Å². The molecule has 0 radical (unpaired) electrons. The minimum atomic E-state index is -3.56. The maximum absolute atomic E-state index is 12.4.